The molecule has 0 radical (unpaired) electrons. The highest BCUT2D eigenvalue weighted by Gasteiger charge is 2.21. The van der Waals surface area contributed by atoms with Crippen LogP contribution >= 0.6 is 11.6 Å². The van der Waals surface area contributed by atoms with E-state index in [1.165, 1.54) is 23.8 Å². The molecule has 0 aliphatic heterocycles. The second-order valence-corrected chi connectivity index (χ2v) is 7.35. The molecule has 0 aliphatic rings. The predicted molar refractivity (Wildman–Crippen MR) is 104 cm³/mol. The molecule has 2 rings (SSSR count). The van der Waals surface area contributed by atoms with Crippen molar-refractivity contribution in [3.8, 4) is 0 Å². The van der Waals surface area contributed by atoms with Crippen LogP contribution in [0.3, 0.4) is 0 Å². The molecule has 0 unspecified atom stereocenters. The lowest BCUT2D eigenvalue weighted by atomic mass is 9.93. The molecule has 1 amide bonds. The molecule has 138 valence electrons. The number of amides is 1. The van der Waals surface area contributed by atoms with E-state index in [2.05, 4.69) is 31.3 Å². The molecule has 0 fully saturated rings. The predicted octanol–water partition coefficient (Wildman–Crippen LogP) is 5.50. The van der Waals surface area contributed by atoms with Gasteiger partial charge in [0.25, 0.3) is 11.6 Å². The zero-order chi connectivity index (χ0) is 19.4. The van der Waals surface area contributed by atoms with Gasteiger partial charge in [-0.3, -0.25) is 14.9 Å². The summed E-state index contributed by atoms with van der Waals surface area (Å²) >= 11 is 5.81. The van der Waals surface area contributed by atoms with E-state index >= 15 is 0 Å². The summed E-state index contributed by atoms with van der Waals surface area (Å²) in [4.78, 5) is 23.0. The van der Waals surface area contributed by atoms with Crippen molar-refractivity contribution in [3.05, 3.63) is 74.3 Å². The number of carbonyl (C=O) groups is 1. The molecule has 1 atom stereocenters. The maximum absolute atomic E-state index is 12.6. The van der Waals surface area contributed by atoms with Gasteiger partial charge in [0, 0.05) is 11.6 Å². The van der Waals surface area contributed by atoms with E-state index in [4.69, 9.17) is 11.6 Å². The Balaban J connectivity index is 2.26. The fourth-order valence-electron chi connectivity index (χ4n) is 2.74. The Morgan fingerprint density at radius 3 is 2.12 bits per heavy atom. The van der Waals surface area contributed by atoms with Gasteiger partial charge in [0.15, 0.2) is 0 Å². The van der Waals surface area contributed by atoms with Gasteiger partial charge >= 0.3 is 0 Å². The highest BCUT2D eigenvalue weighted by molar-refractivity contribution is 6.32. The zero-order valence-electron chi connectivity index (χ0n) is 15.3. The number of benzene rings is 2. The zero-order valence-corrected chi connectivity index (χ0v) is 16.1. The molecule has 0 saturated heterocycles. The third kappa shape index (κ3) is 4.61. The quantitative estimate of drug-likeness (QED) is 0.536. The molecule has 0 aliphatic carbocycles. The van der Waals surface area contributed by atoms with Crippen LogP contribution in [0.15, 0.2) is 42.5 Å². The van der Waals surface area contributed by atoms with Gasteiger partial charge in [-0.15, -0.1) is 0 Å². The standard InChI is InChI=1S/C20H23ClN2O3/c1-12(2)14-5-7-15(8-6-14)19(13(3)4)22-20(24)16-9-10-17(21)18(11-16)23(25)26/h5-13,19H,1-4H3,(H,22,24)/t19-/m1/s1. The maximum Gasteiger partial charge on any atom is 0.288 e. The number of carbonyl (C=O) groups excluding carboxylic acids is 1. The van der Waals surface area contributed by atoms with Gasteiger partial charge in [-0.25, -0.2) is 0 Å². The molecule has 26 heavy (non-hydrogen) atoms. The van der Waals surface area contributed by atoms with Crippen LogP contribution in [0.25, 0.3) is 0 Å². The minimum absolute atomic E-state index is 0.0104. The summed E-state index contributed by atoms with van der Waals surface area (Å²) in [6.45, 7) is 8.30. The first-order chi connectivity index (χ1) is 12.2. The van der Waals surface area contributed by atoms with Crippen molar-refractivity contribution in [1.82, 2.24) is 5.32 Å². The van der Waals surface area contributed by atoms with E-state index < -0.39 is 4.92 Å². The number of halogens is 1. The summed E-state index contributed by atoms with van der Waals surface area (Å²) in [7, 11) is 0. The Labute approximate surface area is 158 Å². The van der Waals surface area contributed by atoms with Crippen LogP contribution in [0.2, 0.25) is 5.02 Å². The molecule has 0 heterocycles. The van der Waals surface area contributed by atoms with Gasteiger partial charge in [0.05, 0.1) is 11.0 Å². The Morgan fingerprint density at radius 2 is 1.62 bits per heavy atom. The Kier molecular flexibility index (Phi) is 6.37. The number of hydrogen-bond acceptors (Lipinski definition) is 3. The first-order valence-electron chi connectivity index (χ1n) is 8.55. The van der Waals surface area contributed by atoms with Crippen molar-refractivity contribution in [2.75, 3.05) is 0 Å². The number of hydrogen-bond donors (Lipinski definition) is 1. The Bertz CT molecular complexity index is 801. The van der Waals surface area contributed by atoms with Gasteiger partial charge < -0.3 is 5.32 Å². The van der Waals surface area contributed by atoms with Crippen molar-refractivity contribution >= 4 is 23.2 Å². The lowest BCUT2D eigenvalue weighted by molar-refractivity contribution is -0.384. The molecular formula is C20H23ClN2O3. The summed E-state index contributed by atoms with van der Waals surface area (Å²) in [5.74, 6) is 0.230. The van der Waals surface area contributed by atoms with E-state index in [1.807, 2.05) is 26.0 Å². The van der Waals surface area contributed by atoms with E-state index in [1.54, 1.807) is 0 Å². The largest absolute Gasteiger partial charge is 0.345 e. The van der Waals surface area contributed by atoms with Crippen LogP contribution in [-0.4, -0.2) is 10.8 Å². The summed E-state index contributed by atoms with van der Waals surface area (Å²) < 4.78 is 0. The second-order valence-electron chi connectivity index (χ2n) is 6.94. The fourth-order valence-corrected chi connectivity index (χ4v) is 2.93. The van der Waals surface area contributed by atoms with Crippen molar-refractivity contribution in [2.45, 2.75) is 39.7 Å². The highest BCUT2D eigenvalue weighted by atomic mass is 35.5. The fraction of sp³-hybridized carbons (Fsp3) is 0.350. The number of nitro groups is 1. The smallest absolute Gasteiger partial charge is 0.288 e. The van der Waals surface area contributed by atoms with Crippen LogP contribution < -0.4 is 5.32 Å². The summed E-state index contributed by atoms with van der Waals surface area (Å²) in [5.41, 5.74) is 2.17. The van der Waals surface area contributed by atoms with Crippen molar-refractivity contribution in [1.29, 1.82) is 0 Å². The summed E-state index contributed by atoms with van der Waals surface area (Å²) in [6.07, 6.45) is 0. The molecule has 0 spiro atoms. The van der Waals surface area contributed by atoms with E-state index in [0.29, 0.717) is 5.92 Å². The number of nitro benzene ring substituents is 1. The molecule has 5 nitrogen and oxygen atoms in total. The molecule has 0 bridgehead atoms. The normalized spacial score (nSPS) is 12.3. The van der Waals surface area contributed by atoms with Crippen molar-refractivity contribution < 1.29 is 9.72 Å². The average molecular weight is 375 g/mol. The minimum atomic E-state index is -0.594. The molecular weight excluding hydrogens is 352 g/mol. The molecule has 1 N–H and O–H groups in total. The van der Waals surface area contributed by atoms with Crippen LogP contribution in [0, 0.1) is 16.0 Å². The van der Waals surface area contributed by atoms with Crippen LogP contribution in [0.1, 0.15) is 61.1 Å². The van der Waals surface area contributed by atoms with Crippen LogP contribution in [0.4, 0.5) is 5.69 Å². The number of rotatable bonds is 6. The summed E-state index contributed by atoms with van der Waals surface area (Å²) in [6, 6.07) is 12.0. The van der Waals surface area contributed by atoms with E-state index in [-0.39, 0.29) is 34.1 Å². The van der Waals surface area contributed by atoms with Crippen molar-refractivity contribution in [2.24, 2.45) is 5.92 Å². The number of nitrogens with zero attached hydrogens (tertiary/aromatic N) is 1. The van der Waals surface area contributed by atoms with Gasteiger partial charge in [0.2, 0.25) is 0 Å². The second kappa shape index (κ2) is 8.32. The molecule has 2 aromatic rings. The minimum Gasteiger partial charge on any atom is -0.345 e. The average Bonchev–Trinajstić information content (AvgIpc) is 2.59. The SMILES string of the molecule is CC(C)c1ccc([C@H](NC(=O)c2ccc(Cl)c([N+](=O)[O-])c2)C(C)C)cc1. The van der Waals surface area contributed by atoms with Gasteiger partial charge in [0.1, 0.15) is 5.02 Å². The lowest BCUT2D eigenvalue weighted by Gasteiger charge is -2.23. The lowest BCUT2D eigenvalue weighted by Crippen LogP contribution is -2.31. The van der Waals surface area contributed by atoms with E-state index in [9.17, 15) is 14.9 Å². The number of nitrogens with one attached hydrogen (secondary N) is 1. The Hall–Kier alpha value is -2.40. The highest BCUT2D eigenvalue weighted by Crippen LogP contribution is 2.27. The summed E-state index contributed by atoms with van der Waals surface area (Å²) in [5, 5.41) is 14.0. The topological polar surface area (TPSA) is 72.2 Å². The molecule has 0 saturated carbocycles. The first-order valence-corrected chi connectivity index (χ1v) is 8.93. The molecule has 0 aromatic heterocycles. The van der Waals surface area contributed by atoms with Crippen LogP contribution in [0.5, 0.6) is 0 Å². The van der Waals surface area contributed by atoms with Gasteiger partial charge in [-0.1, -0.05) is 63.6 Å². The van der Waals surface area contributed by atoms with E-state index in [0.717, 1.165) is 5.56 Å². The third-order valence-corrected chi connectivity index (χ3v) is 4.64. The first kappa shape index (κ1) is 19.9. The molecule has 2 aromatic carbocycles. The van der Waals surface area contributed by atoms with Gasteiger partial charge in [-0.05, 0) is 35.1 Å². The molecule has 6 heteroatoms. The van der Waals surface area contributed by atoms with Gasteiger partial charge in [-0.2, -0.15) is 0 Å². The van der Waals surface area contributed by atoms with Crippen molar-refractivity contribution in [3.63, 3.8) is 0 Å². The van der Waals surface area contributed by atoms with Crippen LogP contribution in [-0.2, 0) is 0 Å². The third-order valence-electron chi connectivity index (χ3n) is 4.32. The Morgan fingerprint density at radius 1 is 1.04 bits per heavy atom. The monoisotopic (exact) mass is 374 g/mol. The maximum atomic E-state index is 12.6.